The van der Waals surface area contributed by atoms with Gasteiger partial charge in [0.2, 0.25) is 10.0 Å². The Morgan fingerprint density at radius 1 is 1.32 bits per heavy atom. The second kappa shape index (κ2) is 5.13. The summed E-state index contributed by atoms with van der Waals surface area (Å²) in [5.41, 5.74) is 7.16. The summed E-state index contributed by atoms with van der Waals surface area (Å²) in [7, 11) is -3.51. The van der Waals surface area contributed by atoms with E-state index in [1.54, 1.807) is 18.2 Å². The van der Waals surface area contributed by atoms with Crippen LogP contribution in [0.2, 0.25) is 0 Å². The van der Waals surface area contributed by atoms with Crippen molar-refractivity contribution in [1.82, 2.24) is 4.72 Å². The van der Waals surface area contributed by atoms with Crippen molar-refractivity contribution in [2.45, 2.75) is 44.4 Å². The zero-order valence-corrected chi connectivity index (χ0v) is 12.4. The molecule has 0 saturated heterocycles. The predicted molar refractivity (Wildman–Crippen MR) is 77.4 cm³/mol. The first kappa shape index (κ1) is 14.3. The van der Waals surface area contributed by atoms with Crippen molar-refractivity contribution in [2.75, 3.05) is 12.3 Å². The van der Waals surface area contributed by atoms with E-state index in [0.717, 1.165) is 18.4 Å². The van der Waals surface area contributed by atoms with Gasteiger partial charge in [-0.25, -0.2) is 13.1 Å². The van der Waals surface area contributed by atoms with Gasteiger partial charge in [0.1, 0.15) is 4.90 Å². The summed E-state index contributed by atoms with van der Waals surface area (Å²) in [4.78, 5) is 0.180. The van der Waals surface area contributed by atoms with Crippen molar-refractivity contribution in [3.63, 3.8) is 0 Å². The lowest BCUT2D eigenvalue weighted by Gasteiger charge is -2.23. The number of hydrogen-bond acceptors (Lipinski definition) is 3. The van der Waals surface area contributed by atoms with Crippen molar-refractivity contribution < 1.29 is 8.42 Å². The van der Waals surface area contributed by atoms with Gasteiger partial charge in [-0.1, -0.05) is 25.8 Å². The minimum absolute atomic E-state index is 0.0898. The smallest absolute Gasteiger partial charge is 0.242 e. The average molecular weight is 282 g/mol. The van der Waals surface area contributed by atoms with Crippen LogP contribution in [-0.4, -0.2) is 15.0 Å². The van der Waals surface area contributed by atoms with Gasteiger partial charge in [0.15, 0.2) is 0 Å². The summed E-state index contributed by atoms with van der Waals surface area (Å²) in [6.07, 6.45) is 4.54. The standard InChI is InChI=1S/C14H22N2O2S/c1-11-5-6-13(12(15)9-11)19(17,18)16-10-14(2)7-3-4-8-14/h5-6,9,16H,3-4,7-8,10,15H2,1-2H3. The SMILES string of the molecule is Cc1ccc(S(=O)(=O)NCC2(C)CCCC2)c(N)c1. The molecule has 1 fully saturated rings. The highest BCUT2D eigenvalue weighted by atomic mass is 32.2. The minimum atomic E-state index is -3.51. The maximum atomic E-state index is 12.3. The third-order valence-electron chi connectivity index (χ3n) is 3.95. The molecule has 3 N–H and O–H groups in total. The number of nitrogens with two attached hydrogens (primary N) is 1. The van der Waals surface area contributed by atoms with E-state index >= 15 is 0 Å². The molecule has 19 heavy (non-hydrogen) atoms. The molecule has 0 atom stereocenters. The Balaban J connectivity index is 2.14. The summed E-state index contributed by atoms with van der Waals surface area (Å²) in [5, 5.41) is 0. The van der Waals surface area contributed by atoms with E-state index in [1.807, 2.05) is 6.92 Å². The first-order valence-electron chi connectivity index (χ1n) is 6.68. The van der Waals surface area contributed by atoms with Crippen LogP contribution in [0.3, 0.4) is 0 Å². The molecule has 5 heteroatoms. The number of nitrogen functional groups attached to an aromatic ring is 1. The molecule has 1 aromatic carbocycles. The monoisotopic (exact) mass is 282 g/mol. The van der Waals surface area contributed by atoms with Gasteiger partial charge >= 0.3 is 0 Å². The lowest BCUT2D eigenvalue weighted by Crippen LogP contribution is -2.34. The van der Waals surface area contributed by atoms with Crippen LogP contribution in [0.4, 0.5) is 5.69 Å². The summed E-state index contributed by atoms with van der Waals surface area (Å²) in [6, 6.07) is 5.03. The molecular weight excluding hydrogens is 260 g/mol. The molecule has 1 aliphatic rings. The van der Waals surface area contributed by atoms with Crippen LogP contribution in [0.5, 0.6) is 0 Å². The molecule has 0 aliphatic heterocycles. The van der Waals surface area contributed by atoms with E-state index in [4.69, 9.17) is 5.73 Å². The Morgan fingerprint density at radius 2 is 1.95 bits per heavy atom. The Hall–Kier alpha value is -1.07. The van der Waals surface area contributed by atoms with E-state index in [2.05, 4.69) is 11.6 Å². The lowest BCUT2D eigenvalue weighted by molar-refractivity contribution is 0.336. The van der Waals surface area contributed by atoms with Crippen LogP contribution < -0.4 is 10.5 Å². The van der Waals surface area contributed by atoms with Gasteiger partial charge in [-0.2, -0.15) is 0 Å². The second-order valence-electron chi connectivity index (χ2n) is 5.88. The molecular formula is C14H22N2O2S. The Bertz CT molecular complexity index is 561. The van der Waals surface area contributed by atoms with Gasteiger partial charge in [-0.3, -0.25) is 0 Å². The van der Waals surface area contributed by atoms with Gasteiger partial charge in [0.05, 0.1) is 5.69 Å². The normalized spacial score (nSPS) is 18.6. The van der Waals surface area contributed by atoms with Gasteiger partial charge < -0.3 is 5.73 Å². The maximum Gasteiger partial charge on any atom is 0.242 e. The fourth-order valence-electron chi connectivity index (χ4n) is 2.66. The second-order valence-corrected chi connectivity index (χ2v) is 7.62. The number of rotatable bonds is 4. The summed E-state index contributed by atoms with van der Waals surface area (Å²) in [5.74, 6) is 0. The maximum absolute atomic E-state index is 12.3. The molecule has 0 spiro atoms. The highest BCUT2D eigenvalue weighted by Crippen LogP contribution is 2.37. The number of nitrogens with one attached hydrogen (secondary N) is 1. The molecule has 2 rings (SSSR count). The van der Waals surface area contributed by atoms with Crippen LogP contribution in [0.25, 0.3) is 0 Å². The summed E-state index contributed by atoms with van der Waals surface area (Å²) >= 11 is 0. The van der Waals surface area contributed by atoms with Crippen LogP contribution in [-0.2, 0) is 10.0 Å². The third-order valence-corrected chi connectivity index (χ3v) is 5.43. The molecule has 1 aliphatic carbocycles. The summed E-state index contributed by atoms with van der Waals surface area (Å²) < 4.78 is 27.3. The number of anilines is 1. The van der Waals surface area contributed by atoms with Gasteiger partial charge in [-0.15, -0.1) is 0 Å². The molecule has 106 valence electrons. The van der Waals surface area contributed by atoms with E-state index in [9.17, 15) is 8.42 Å². The number of hydrogen-bond donors (Lipinski definition) is 2. The molecule has 0 unspecified atom stereocenters. The van der Waals surface area contributed by atoms with Crippen molar-refractivity contribution in [1.29, 1.82) is 0 Å². The van der Waals surface area contributed by atoms with E-state index < -0.39 is 10.0 Å². The van der Waals surface area contributed by atoms with Gasteiger partial charge in [0, 0.05) is 6.54 Å². The minimum Gasteiger partial charge on any atom is -0.398 e. The topological polar surface area (TPSA) is 72.2 Å². The van der Waals surface area contributed by atoms with E-state index in [0.29, 0.717) is 12.2 Å². The van der Waals surface area contributed by atoms with Gasteiger partial charge in [-0.05, 0) is 42.9 Å². The summed E-state index contributed by atoms with van der Waals surface area (Å²) in [6.45, 7) is 4.52. The van der Waals surface area contributed by atoms with Crippen molar-refractivity contribution in [2.24, 2.45) is 5.41 Å². The van der Waals surface area contributed by atoms with Crippen LogP contribution in [0, 0.1) is 12.3 Å². The molecule has 0 aromatic heterocycles. The molecule has 0 bridgehead atoms. The number of aryl methyl sites for hydroxylation is 1. The van der Waals surface area contributed by atoms with E-state index in [-0.39, 0.29) is 10.3 Å². The van der Waals surface area contributed by atoms with Crippen LogP contribution in [0.15, 0.2) is 23.1 Å². The molecule has 1 aromatic rings. The number of benzene rings is 1. The van der Waals surface area contributed by atoms with E-state index in [1.165, 1.54) is 12.8 Å². The Morgan fingerprint density at radius 3 is 2.53 bits per heavy atom. The van der Waals surface area contributed by atoms with Gasteiger partial charge in [0.25, 0.3) is 0 Å². The van der Waals surface area contributed by atoms with Crippen molar-refractivity contribution in [3.05, 3.63) is 23.8 Å². The predicted octanol–water partition coefficient (Wildman–Crippen LogP) is 2.44. The zero-order chi connectivity index (χ0) is 14.1. The van der Waals surface area contributed by atoms with Crippen LogP contribution >= 0.6 is 0 Å². The first-order valence-corrected chi connectivity index (χ1v) is 8.17. The first-order chi connectivity index (χ1) is 8.82. The molecule has 0 heterocycles. The number of sulfonamides is 1. The third kappa shape index (κ3) is 3.28. The average Bonchev–Trinajstić information content (AvgIpc) is 2.74. The highest BCUT2D eigenvalue weighted by Gasteiger charge is 2.30. The fraction of sp³-hybridized carbons (Fsp3) is 0.571. The molecule has 0 amide bonds. The quantitative estimate of drug-likeness (QED) is 0.833. The van der Waals surface area contributed by atoms with Crippen molar-refractivity contribution >= 4 is 15.7 Å². The fourth-order valence-corrected chi connectivity index (χ4v) is 3.98. The van der Waals surface area contributed by atoms with Crippen molar-refractivity contribution in [3.8, 4) is 0 Å². The molecule has 1 saturated carbocycles. The highest BCUT2D eigenvalue weighted by molar-refractivity contribution is 7.89. The Kier molecular flexibility index (Phi) is 3.87. The zero-order valence-electron chi connectivity index (χ0n) is 11.6. The molecule has 4 nitrogen and oxygen atoms in total. The lowest BCUT2D eigenvalue weighted by atomic mass is 9.89. The Labute approximate surface area is 115 Å². The largest absolute Gasteiger partial charge is 0.398 e. The molecule has 0 radical (unpaired) electrons. The van der Waals surface area contributed by atoms with Crippen LogP contribution in [0.1, 0.15) is 38.2 Å².